The summed E-state index contributed by atoms with van der Waals surface area (Å²) in [6, 6.07) is 5.99. The molecule has 1 saturated heterocycles. The molecule has 7 nitrogen and oxygen atoms in total. The lowest BCUT2D eigenvalue weighted by Crippen LogP contribution is -2.42. The minimum Gasteiger partial charge on any atom is -0.298 e. The number of benzene rings is 1. The van der Waals surface area contributed by atoms with E-state index in [0.717, 1.165) is 12.1 Å². The molecule has 2 atom stereocenters. The van der Waals surface area contributed by atoms with Crippen molar-refractivity contribution >= 4 is 38.2 Å². The van der Waals surface area contributed by atoms with Crippen LogP contribution in [0.4, 0.5) is 5.13 Å². The number of rotatable bonds is 4. The van der Waals surface area contributed by atoms with Crippen LogP contribution in [0.15, 0.2) is 29.2 Å². The molecule has 1 N–H and O–H groups in total. The van der Waals surface area contributed by atoms with E-state index in [4.69, 9.17) is 0 Å². The number of carbonyl (C=O) groups is 2. The Bertz CT molecular complexity index is 1140. The second kappa shape index (κ2) is 8.35. The number of anilines is 1. The van der Waals surface area contributed by atoms with Crippen molar-refractivity contribution in [1.82, 2.24) is 9.29 Å². The van der Waals surface area contributed by atoms with Crippen LogP contribution in [0, 0.1) is 17.3 Å². The number of aromatic nitrogens is 1. The summed E-state index contributed by atoms with van der Waals surface area (Å²) in [4.78, 5) is 30.3. The first-order chi connectivity index (χ1) is 14.9. The van der Waals surface area contributed by atoms with Crippen molar-refractivity contribution in [3.05, 3.63) is 40.4 Å². The average molecular weight is 476 g/mol. The Morgan fingerprint density at radius 1 is 1.12 bits per heavy atom. The third-order valence-corrected chi connectivity index (χ3v) is 8.95. The molecular formula is C23H29N3O4S2. The number of nitrogens with one attached hydrogen (secondary N) is 1. The van der Waals surface area contributed by atoms with Crippen molar-refractivity contribution in [2.45, 2.75) is 51.9 Å². The number of hydrogen-bond acceptors (Lipinski definition) is 6. The number of fused-ring (bicyclic) bond motifs is 1. The van der Waals surface area contributed by atoms with Crippen LogP contribution in [-0.2, 0) is 16.4 Å². The highest BCUT2D eigenvalue weighted by Gasteiger charge is 2.34. The minimum absolute atomic E-state index is 0.0603. The molecule has 1 aliphatic heterocycles. The van der Waals surface area contributed by atoms with Crippen LogP contribution in [0.25, 0.3) is 0 Å². The summed E-state index contributed by atoms with van der Waals surface area (Å²) in [5.74, 6) is 0.317. The molecule has 4 rings (SSSR count). The highest BCUT2D eigenvalue weighted by Crippen LogP contribution is 2.38. The summed E-state index contributed by atoms with van der Waals surface area (Å²) in [7, 11) is -3.59. The van der Waals surface area contributed by atoms with E-state index >= 15 is 0 Å². The molecule has 0 radical (unpaired) electrons. The number of sulfonamides is 1. The molecule has 172 valence electrons. The Balaban J connectivity index is 1.48. The SMILES string of the molecule is C[C@@H]1C[C@H](C)CN(S(=O)(=O)c2ccc(C(=O)Nc3nc4c(s3)C(=O)CC(C)(C)C4)cc2)C1. The quantitative estimate of drug-likeness (QED) is 0.714. The molecule has 1 aromatic heterocycles. The zero-order chi connectivity index (χ0) is 23.3. The summed E-state index contributed by atoms with van der Waals surface area (Å²) in [6.45, 7) is 9.23. The zero-order valence-corrected chi connectivity index (χ0v) is 20.5. The number of nitrogens with zero attached hydrogens (tertiary/aromatic N) is 2. The number of hydrogen-bond donors (Lipinski definition) is 1. The second-order valence-corrected chi connectivity index (χ2v) is 12.9. The van der Waals surface area contributed by atoms with Gasteiger partial charge in [0.15, 0.2) is 10.9 Å². The molecule has 0 unspecified atom stereocenters. The summed E-state index contributed by atoms with van der Waals surface area (Å²) in [5, 5.41) is 3.14. The van der Waals surface area contributed by atoms with E-state index in [1.807, 2.05) is 13.8 Å². The lowest BCUT2D eigenvalue weighted by molar-refractivity contribution is 0.0915. The maximum Gasteiger partial charge on any atom is 0.257 e. The molecular weight excluding hydrogens is 446 g/mol. The molecule has 1 fully saturated rings. The topological polar surface area (TPSA) is 96.4 Å². The van der Waals surface area contributed by atoms with E-state index in [2.05, 4.69) is 24.1 Å². The standard InChI is InChI=1S/C23H29N3O4S2/c1-14-9-15(2)13-26(12-14)32(29,30)17-7-5-16(6-8-17)21(28)25-22-24-18-10-23(3,4)11-19(27)20(18)31-22/h5-8,14-15H,9-13H2,1-4H3,(H,24,25,28)/t14-,15+. The van der Waals surface area contributed by atoms with Gasteiger partial charge in [0.05, 0.1) is 15.5 Å². The van der Waals surface area contributed by atoms with Crippen LogP contribution in [0.5, 0.6) is 0 Å². The van der Waals surface area contributed by atoms with E-state index < -0.39 is 10.0 Å². The Kier molecular flexibility index (Phi) is 6.02. The molecule has 0 saturated carbocycles. The first-order valence-electron chi connectivity index (χ1n) is 10.9. The van der Waals surface area contributed by atoms with Gasteiger partial charge in [0.1, 0.15) is 0 Å². The molecule has 2 heterocycles. The van der Waals surface area contributed by atoms with Crippen molar-refractivity contribution in [1.29, 1.82) is 0 Å². The largest absolute Gasteiger partial charge is 0.298 e. The molecule has 2 aliphatic rings. The zero-order valence-electron chi connectivity index (χ0n) is 18.8. The second-order valence-electron chi connectivity index (χ2n) is 9.98. The fourth-order valence-corrected chi connectivity index (χ4v) is 7.27. The maximum atomic E-state index is 13.0. The van der Waals surface area contributed by atoms with Crippen LogP contribution < -0.4 is 5.32 Å². The number of thiazole rings is 1. The first kappa shape index (κ1) is 23.1. The number of ketones is 1. The highest BCUT2D eigenvalue weighted by atomic mass is 32.2. The Hall–Kier alpha value is -2.10. The lowest BCUT2D eigenvalue weighted by atomic mass is 9.78. The third-order valence-electron chi connectivity index (χ3n) is 6.05. The molecule has 0 bridgehead atoms. The van der Waals surface area contributed by atoms with E-state index in [-0.39, 0.29) is 22.0 Å². The summed E-state index contributed by atoms with van der Waals surface area (Å²) < 4.78 is 27.6. The molecule has 1 amide bonds. The fourth-order valence-electron chi connectivity index (χ4n) is 4.67. The number of carbonyl (C=O) groups excluding carboxylic acids is 2. The summed E-state index contributed by atoms with van der Waals surface area (Å²) in [6.07, 6.45) is 2.19. The first-order valence-corrected chi connectivity index (χ1v) is 13.1. The highest BCUT2D eigenvalue weighted by molar-refractivity contribution is 7.89. The van der Waals surface area contributed by atoms with Gasteiger partial charge in [0.25, 0.3) is 5.91 Å². The van der Waals surface area contributed by atoms with Crippen molar-refractivity contribution in [3.63, 3.8) is 0 Å². The van der Waals surface area contributed by atoms with E-state index in [1.165, 1.54) is 35.6 Å². The number of Topliss-reactive ketones (excluding diaryl/α,β-unsaturated/α-hetero) is 1. The van der Waals surface area contributed by atoms with Gasteiger partial charge in [0.2, 0.25) is 10.0 Å². The van der Waals surface area contributed by atoms with Crippen LogP contribution in [0.3, 0.4) is 0 Å². The predicted octanol–water partition coefficient (Wildman–Crippen LogP) is 4.22. The smallest absolute Gasteiger partial charge is 0.257 e. The van der Waals surface area contributed by atoms with Gasteiger partial charge in [-0.2, -0.15) is 4.31 Å². The number of piperidine rings is 1. The van der Waals surface area contributed by atoms with Crippen LogP contribution in [0.1, 0.15) is 66.3 Å². The molecule has 1 aromatic carbocycles. The summed E-state index contributed by atoms with van der Waals surface area (Å²) in [5.41, 5.74) is 0.937. The van der Waals surface area contributed by atoms with Gasteiger partial charge >= 0.3 is 0 Å². The predicted molar refractivity (Wildman–Crippen MR) is 125 cm³/mol. The molecule has 32 heavy (non-hydrogen) atoms. The molecule has 2 aromatic rings. The van der Waals surface area contributed by atoms with Gasteiger partial charge in [-0.3, -0.25) is 14.9 Å². The lowest BCUT2D eigenvalue weighted by Gasteiger charge is -2.34. The van der Waals surface area contributed by atoms with Gasteiger partial charge in [-0.25, -0.2) is 13.4 Å². The van der Waals surface area contributed by atoms with Gasteiger partial charge in [0, 0.05) is 25.1 Å². The third kappa shape index (κ3) is 4.65. The van der Waals surface area contributed by atoms with Crippen LogP contribution in [-0.4, -0.2) is 42.5 Å². The monoisotopic (exact) mass is 475 g/mol. The Labute approximate surface area is 193 Å². The Morgan fingerprint density at radius 3 is 2.38 bits per heavy atom. The van der Waals surface area contributed by atoms with Crippen molar-refractivity contribution in [2.24, 2.45) is 17.3 Å². The van der Waals surface area contributed by atoms with E-state index in [9.17, 15) is 18.0 Å². The van der Waals surface area contributed by atoms with Crippen molar-refractivity contribution in [3.8, 4) is 0 Å². The Morgan fingerprint density at radius 2 is 1.75 bits per heavy atom. The molecule has 1 aliphatic carbocycles. The normalized spacial score (nSPS) is 23.6. The minimum atomic E-state index is -3.59. The van der Waals surface area contributed by atoms with Crippen molar-refractivity contribution < 1.29 is 18.0 Å². The molecule has 0 spiro atoms. The maximum absolute atomic E-state index is 13.0. The van der Waals surface area contributed by atoms with Gasteiger partial charge in [-0.05, 0) is 54.4 Å². The van der Waals surface area contributed by atoms with Crippen molar-refractivity contribution in [2.75, 3.05) is 18.4 Å². The van der Waals surface area contributed by atoms with Gasteiger partial charge in [-0.15, -0.1) is 0 Å². The number of amides is 1. The van der Waals surface area contributed by atoms with Gasteiger partial charge in [-0.1, -0.05) is 39.0 Å². The van der Waals surface area contributed by atoms with Gasteiger partial charge < -0.3 is 0 Å². The average Bonchev–Trinajstić information content (AvgIpc) is 3.08. The van der Waals surface area contributed by atoms with E-state index in [0.29, 0.717) is 53.3 Å². The summed E-state index contributed by atoms with van der Waals surface area (Å²) >= 11 is 1.20. The van der Waals surface area contributed by atoms with Crippen LogP contribution in [0.2, 0.25) is 0 Å². The van der Waals surface area contributed by atoms with E-state index in [1.54, 1.807) is 4.31 Å². The molecule has 9 heteroatoms. The van der Waals surface area contributed by atoms with Crippen LogP contribution >= 0.6 is 11.3 Å². The fraction of sp³-hybridized carbons (Fsp3) is 0.522.